The molecule has 0 unspecified atom stereocenters. The van der Waals surface area contributed by atoms with Gasteiger partial charge in [-0.05, 0) is 74.8 Å². The van der Waals surface area contributed by atoms with Crippen LogP contribution in [0, 0.1) is 17.3 Å². The van der Waals surface area contributed by atoms with E-state index in [-0.39, 0.29) is 22.2 Å². The third-order valence-electron chi connectivity index (χ3n) is 6.30. The van der Waals surface area contributed by atoms with Crippen molar-refractivity contribution in [1.82, 2.24) is 10.3 Å². The van der Waals surface area contributed by atoms with Gasteiger partial charge in [0.1, 0.15) is 0 Å². The summed E-state index contributed by atoms with van der Waals surface area (Å²) >= 11 is 12.9. The van der Waals surface area contributed by atoms with Gasteiger partial charge in [0.25, 0.3) is 0 Å². The molecule has 1 amide bonds. The lowest BCUT2D eigenvalue weighted by molar-refractivity contribution is -0.118. The second-order valence-corrected chi connectivity index (χ2v) is 9.71. The number of rotatable bonds is 5. The first-order valence-corrected chi connectivity index (χ1v) is 9.96. The zero-order valence-corrected chi connectivity index (χ0v) is 16.0. The minimum atomic E-state index is -0.282. The average Bonchev–Trinajstić information content (AvgIpc) is 2.52. The van der Waals surface area contributed by atoms with E-state index in [0.29, 0.717) is 10.8 Å². The number of carbonyl (C=O) groups is 1. The number of nitrogens with zero attached hydrogens (tertiary/aromatic N) is 1. The Bertz CT molecular complexity index is 666. The van der Waals surface area contributed by atoms with Gasteiger partial charge in [0.15, 0.2) is 5.15 Å². The lowest BCUT2D eigenvalue weighted by atomic mass is 9.49. The highest BCUT2D eigenvalue weighted by molar-refractivity contribution is 6.32. The first-order chi connectivity index (χ1) is 11.9. The predicted molar refractivity (Wildman–Crippen MR) is 101 cm³/mol. The van der Waals surface area contributed by atoms with E-state index in [1.165, 1.54) is 32.1 Å². The van der Waals surface area contributed by atoms with Crippen LogP contribution in [-0.2, 0) is 4.79 Å². The summed E-state index contributed by atoms with van der Waals surface area (Å²) in [6, 6.07) is 3.24. The molecule has 1 heterocycles. The van der Waals surface area contributed by atoms with Crippen LogP contribution in [0.3, 0.4) is 0 Å². The highest BCUT2D eigenvalue weighted by Crippen LogP contribution is 2.63. The number of amides is 1. The molecule has 0 radical (unpaired) electrons. The molecule has 25 heavy (non-hydrogen) atoms. The van der Waals surface area contributed by atoms with E-state index in [1.54, 1.807) is 18.3 Å². The van der Waals surface area contributed by atoms with Crippen molar-refractivity contribution in [1.29, 1.82) is 0 Å². The van der Waals surface area contributed by atoms with Crippen molar-refractivity contribution in [3.63, 3.8) is 0 Å². The molecule has 3 atom stereocenters. The van der Waals surface area contributed by atoms with E-state index in [4.69, 9.17) is 23.2 Å². The lowest BCUT2D eigenvalue weighted by Crippen LogP contribution is -2.57. The van der Waals surface area contributed by atoms with Crippen molar-refractivity contribution < 1.29 is 4.79 Å². The number of hydrogen-bond acceptors (Lipinski definition) is 3. The predicted octanol–water partition coefficient (Wildman–Crippen LogP) is 4.23. The van der Waals surface area contributed by atoms with Gasteiger partial charge in [0, 0.05) is 17.6 Å². The van der Waals surface area contributed by atoms with Gasteiger partial charge in [0.2, 0.25) is 5.91 Å². The summed E-state index contributed by atoms with van der Waals surface area (Å²) in [5.41, 5.74) is 0.823. The summed E-state index contributed by atoms with van der Waals surface area (Å²) in [6.45, 7) is 2.76. The Balaban J connectivity index is 1.36. The number of nitrogens with one attached hydrogen (secondary N) is 2. The van der Waals surface area contributed by atoms with Crippen LogP contribution in [0.2, 0.25) is 5.15 Å². The topological polar surface area (TPSA) is 54.0 Å². The van der Waals surface area contributed by atoms with Crippen LogP contribution in [0.5, 0.6) is 0 Å². The molecule has 0 aliphatic heterocycles. The number of aromatic nitrogens is 1. The minimum Gasteiger partial charge on any atom is -0.322 e. The molecule has 0 saturated heterocycles. The standard InChI is InChI=1S/C19H25Cl2N3O/c1-12(17(25)24-15-3-2-4-22-16(15)20)23-11-18-6-13-5-14(7-18)9-19(21,8-13)10-18/h2-4,12-14,23H,5-11H2,1H3,(H,24,25)/t12-,13-,14-,18?,19?/m1/s1. The van der Waals surface area contributed by atoms with Crippen molar-refractivity contribution in [2.24, 2.45) is 17.3 Å². The first-order valence-electron chi connectivity index (χ1n) is 9.20. The zero-order chi connectivity index (χ0) is 17.7. The SMILES string of the molecule is C[C@@H](NCC12C[C@H]3C[C@@H](CC(Cl)(C3)C1)C2)C(=O)Nc1cccnc1Cl. The van der Waals surface area contributed by atoms with E-state index >= 15 is 0 Å². The fourth-order valence-corrected chi connectivity index (χ4v) is 6.61. The Kier molecular flexibility index (Phi) is 4.50. The molecule has 1 aromatic heterocycles. The van der Waals surface area contributed by atoms with Gasteiger partial charge >= 0.3 is 0 Å². The number of pyridine rings is 1. The maximum absolute atomic E-state index is 12.5. The first kappa shape index (κ1) is 17.6. The summed E-state index contributed by atoms with van der Waals surface area (Å²) in [5.74, 6) is 1.47. The third-order valence-corrected chi connectivity index (χ3v) is 7.05. The molecule has 0 aromatic carbocycles. The van der Waals surface area contributed by atoms with E-state index in [9.17, 15) is 4.79 Å². The summed E-state index contributed by atoms with van der Waals surface area (Å²) in [5, 5.41) is 6.63. The molecule has 2 N–H and O–H groups in total. The molecular weight excluding hydrogens is 357 g/mol. The molecule has 0 spiro atoms. The molecule has 5 rings (SSSR count). The van der Waals surface area contributed by atoms with Gasteiger partial charge in [-0.1, -0.05) is 11.6 Å². The number of alkyl halides is 1. The number of carbonyl (C=O) groups excluding carboxylic acids is 1. The van der Waals surface area contributed by atoms with Crippen molar-refractivity contribution in [2.75, 3.05) is 11.9 Å². The van der Waals surface area contributed by atoms with Crippen molar-refractivity contribution in [3.05, 3.63) is 23.5 Å². The Morgan fingerprint density at radius 2 is 2.08 bits per heavy atom. The summed E-state index contributed by atoms with van der Waals surface area (Å²) in [4.78, 5) is 16.5. The van der Waals surface area contributed by atoms with Gasteiger partial charge in [-0.15, -0.1) is 11.6 Å². The highest BCUT2D eigenvalue weighted by atomic mass is 35.5. The lowest BCUT2D eigenvalue weighted by Gasteiger charge is -2.60. The van der Waals surface area contributed by atoms with Crippen LogP contribution in [0.1, 0.15) is 45.4 Å². The Morgan fingerprint density at radius 3 is 2.72 bits per heavy atom. The van der Waals surface area contributed by atoms with Gasteiger partial charge in [-0.2, -0.15) is 0 Å². The van der Waals surface area contributed by atoms with Crippen LogP contribution >= 0.6 is 23.2 Å². The van der Waals surface area contributed by atoms with Gasteiger partial charge in [0.05, 0.1) is 11.7 Å². The monoisotopic (exact) mass is 381 g/mol. The van der Waals surface area contributed by atoms with Crippen molar-refractivity contribution >= 4 is 34.8 Å². The Morgan fingerprint density at radius 1 is 1.36 bits per heavy atom. The molecule has 1 aromatic rings. The highest BCUT2D eigenvalue weighted by Gasteiger charge is 2.56. The van der Waals surface area contributed by atoms with Crippen molar-refractivity contribution in [3.8, 4) is 0 Å². The maximum Gasteiger partial charge on any atom is 0.241 e. The normalized spacial score (nSPS) is 37.1. The number of hydrogen-bond donors (Lipinski definition) is 2. The number of anilines is 1. The zero-order valence-electron chi connectivity index (χ0n) is 14.5. The summed E-state index contributed by atoms with van der Waals surface area (Å²) < 4.78 is 0. The van der Waals surface area contributed by atoms with E-state index in [1.807, 2.05) is 6.92 Å². The summed E-state index contributed by atoms with van der Waals surface area (Å²) in [7, 11) is 0. The molecule has 136 valence electrons. The molecule has 4 fully saturated rings. The molecule has 4 aliphatic carbocycles. The number of halogens is 2. The Labute approximate surface area is 159 Å². The quantitative estimate of drug-likeness (QED) is 0.592. The maximum atomic E-state index is 12.5. The fourth-order valence-electron chi connectivity index (χ4n) is 5.73. The molecule has 4 saturated carbocycles. The van der Waals surface area contributed by atoms with E-state index < -0.39 is 0 Å². The molecule has 6 heteroatoms. The van der Waals surface area contributed by atoms with Crippen LogP contribution < -0.4 is 10.6 Å². The van der Waals surface area contributed by atoms with Gasteiger partial charge < -0.3 is 10.6 Å². The Hall–Kier alpha value is -0.840. The van der Waals surface area contributed by atoms with Crippen LogP contribution in [0.25, 0.3) is 0 Å². The molecule has 4 aliphatic rings. The largest absolute Gasteiger partial charge is 0.322 e. The molecule has 4 bridgehead atoms. The van der Waals surface area contributed by atoms with Gasteiger partial charge in [-0.3, -0.25) is 4.79 Å². The second kappa shape index (κ2) is 6.40. The van der Waals surface area contributed by atoms with Crippen molar-refractivity contribution in [2.45, 2.75) is 56.4 Å². The average molecular weight is 382 g/mol. The third kappa shape index (κ3) is 3.54. The molecular formula is C19H25Cl2N3O. The second-order valence-electron chi connectivity index (χ2n) is 8.55. The summed E-state index contributed by atoms with van der Waals surface area (Å²) in [6.07, 6.45) is 8.93. The fraction of sp³-hybridized carbons (Fsp3) is 0.684. The smallest absolute Gasteiger partial charge is 0.241 e. The van der Waals surface area contributed by atoms with Crippen LogP contribution in [0.15, 0.2) is 18.3 Å². The minimum absolute atomic E-state index is 0.0144. The van der Waals surface area contributed by atoms with Crippen LogP contribution in [-0.4, -0.2) is 28.4 Å². The van der Waals surface area contributed by atoms with Gasteiger partial charge in [-0.25, -0.2) is 4.98 Å². The van der Waals surface area contributed by atoms with E-state index in [0.717, 1.165) is 24.8 Å². The van der Waals surface area contributed by atoms with Crippen LogP contribution in [0.4, 0.5) is 5.69 Å². The van der Waals surface area contributed by atoms with E-state index in [2.05, 4.69) is 15.6 Å². The molecule has 4 nitrogen and oxygen atoms in total.